The lowest BCUT2D eigenvalue weighted by Gasteiger charge is -2.30. The van der Waals surface area contributed by atoms with Crippen molar-refractivity contribution in [1.82, 2.24) is 10.2 Å². The highest BCUT2D eigenvalue weighted by molar-refractivity contribution is 6.30. The van der Waals surface area contributed by atoms with Crippen molar-refractivity contribution in [3.63, 3.8) is 0 Å². The predicted octanol–water partition coefficient (Wildman–Crippen LogP) is 5.57. The van der Waals surface area contributed by atoms with Crippen molar-refractivity contribution in [1.29, 1.82) is 0 Å². The third kappa shape index (κ3) is 7.86. The largest absolute Gasteiger partial charge is 0.484 e. The molecule has 0 aliphatic heterocycles. The highest BCUT2D eigenvalue weighted by atomic mass is 35.5. The van der Waals surface area contributed by atoms with E-state index in [1.807, 2.05) is 43.3 Å². The molecule has 174 valence electrons. The second kappa shape index (κ2) is 13.1. The van der Waals surface area contributed by atoms with E-state index in [4.69, 9.17) is 16.3 Å². The average molecular weight is 459 g/mol. The van der Waals surface area contributed by atoms with Crippen molar-refractivity contribution in [3.05, 3.63) is 64.7 Å². The fourth-order valence-electron chi connectivity index (χ4n) is 3.39. The molecule has 0 heterocycles. The fraction of sp³-hybridized carbons (Fsp3) is 0.462. The Balaban J connectivity index is 2.14. The lowest BCUT2D eigenvalue weighted by atomic mass is 10.0. The van der Waals surface area contributed by atoms with E-state index in [0.717, 1.165) is 18.4 Å². The van der Waals surface area contributed by atoms with Crippen LogP contribution in [0.25, 0.3) is 0 Å². The van der Waals surface area contributed by atoms with E-state index in [1.165, 1.54) is 5.56 Å². The molecule has 32 heavy (non-hydrogen) atoms. The van der Waals surface area contributed by atoms with Crippen LogP contribution in [0, 0.1) is 0 Å². The highest BCUT2D eigenvalue weighted by Gasteiger charge is 2.28. The third-order valence-electron chi connectivity index (χ3n) is 5.39. The number of rotatable bonds is 12. The minimum absolute atomic E-state index is 0.132. The molecular formula is C26H35ClN2O3. The smallest absolute Gasteiger partial charge is 0.261 e. The number of unbranched alkanes of at least 4 members (excludes halogenated alkanes) is 1. The van der Waals surface area contributed by atoms with Gasteiger partial charge < -0.3 is 15.0 Å². The predicted molar refractivity (Wildman–Crippen MR) is 130 cm³/mol. The highest BCUT2D eigenvalue weighted by Crippen LogP contribution is 2.19. The van der Waals surface area contributed by atoms with Gasteiger partial charge in [-0.2, -0.15) is 0 Å². The summed E-state index contributed by atoms with van der Waals surface area (Å²) in [6, 6.07) is 14.5. The van der Waals surface area contributed by atoms with Gasteiger partial charge in [0, 0.05) is 18.1 Å². The number of halogens is 1. The van der Waals surface area contributed by atoms with Crippen LogP contribution in [0.5, 0.6) is 5.75 Å². The normalized spacial score (nSPS) is 11.8. The first kappa shape index (κ1) is 25.7. The molecule has 0 saturated heterocycles. The summed E-state index contributed by atoms with van der Waals surface area (Å²) in [5.41, 5.74) is 2.12. The molecule has 2 aromatic carbocycles. The second-order valence-corrected chi connectivity index (χ2v) is 8.67. The topological polar surface area (TPSA) is 58.6 Å². The Bertz CT molecular complexity index is 850. The molecule has 1 atom stereocenters. The van der Waals surface area contributed by atoms with Crippen LogP contribution in [0.15, 0.2) is 48.5 Å². The minimum Gasteiger partial charge on any atom is -0.484 e. The third-order valence-corrected chi connectivity index (χ3v) is 5.64. The molecule has 0 bridgehead atoms. The summed E-state index contributed by atoms with van der Waals surface area (Å²) in [5.74, 6) is 0.696. The fourth-order valence-corrected chi connectivity index (χ4v) is 3.52. The summed E-state index contributed by atoms with van der Waals surface area (Å²) in [7, 11) is 0. The first-order valence-corrected chi connectivity index (χ1v) is 11.8. The van der Waals surface area contributed by atoms with Crippen LogP contribution >= 0.6 is 11.6 Å². The second-order valence-electron chi connectivity index (χ2n) is 8.23. The summed E-state index contributed by atoms with van der Waals surface area (Å²) in [5, 5.41) is 3.59. The molecular weight excluding hydrogens is 424 g/mol. The molecule has 5 nitrogen and oxygen atoms in total. The number of hydrogen-bond donors (Lipinski definition) is 1. The van der Waals surface area contributed by atoms with Crippen LogP contribution in [-0.4, -0.2) is 35.9 Å². The SMILES string of the molecule is CCCCNC(=O)C(CC)N(Cc1ccc(Cl)cc1)C(=O)COc1ccc(C(C)C)cc1. The van der Waals surface area contributed by atoms with Gasteiger partial charge in [-0.15, -0.1) is 0 Å². The Hall–Kier alpha value is -2.53. The van der Waals surface area contributed by atoms with E-state index < -0.39 is 6.04 Å². The Kier molecular flexibility index (Phi) is 10.5. The molecule has 2 rings (SSSR count). The molecule has 2 amide bonds. The average Bonchev–Trinajstić information content (AvgIpc) is 2.79. The number of hydrogen-bond acceptors (Lipinski definition) is 3. The summed E-state index contributed by atoms with van der Waals surface area (Å²) >= 11 is 6.01. The maximum absolute atomic E-state index is 13.2. The number of ether oxygens (including phenoxy) is 1. The van der Waals surface area contributed by atoms with Crippen LogP contribution in [0.4, 0.5) is 0 Å². The van der Waals surface area contributed by atoms with Gasteiger partial charge in [0.2, 0.25) is 5.91 Å². The van der Waals surface area contributed by atoms with Gasteiger partial charge in [0.05, 0.1) is 0 Å². The number of amides is 2. The van der Waals surface area contributed by atoms with Crippen molar-refractivity contribution >= 4 is 23.4 Å². The van der Waals surface area contributed by atoms with Crippen molar-refractivity contribution in [3.8, 4) is 5.75 Å². The molecule has 1 N–H and O–H groups in total. The number of nitrogens with one attached hydrogen (secondary N) is 1. The molecule has 0 aliphatic carbocycles. The standard InChI is InChI=1S/C26H35ClN2O3/c1-5-7-16-28-26(31)24(6-2)29(17-20-8-12-22(27)13-9-20)25(30)18-32-23-14-10-21(11-15-23)19(3)4/h8-15,19,24H,5-7,16-18H2,1-4H3,(H,28,31). The van der Waals surface area contributed by atoms with Crippen molar-refractivity contribution < 1.29 is 14.3 Å². The summed E-state index contributed by atoms with van der Waals surface area (Å²) in [6.45, 7) is 9.03. The molecule has 0 saturated carbocycles. The molecule has 0 aliphatic rings. The van der Waals surface area contributed by atoms with Crippen molar-refractivity contribution in [2.45, 2.75) is 65.5 Å². The van der Waals surface area contributed by atoms with Gasteiger partial charge in [-0.1, -0.05) is 70.0 Å². The lowest BCUT2D eigenvalue weighted by molar-refractivity contribution is -0.143. The number of nitrogens with zero attached hydrogens (tertiary/aromatic N) is 1. The number of benzene rings is 2. The summed E-state index contributed by atoms with van der Waals surface area (Å²) < 4.78 is 5.77. The zero-order chi connectivity index (χ0) is 23.5. The molecule has 0 fully saturated rings. The van der Waals surface area contributed by atoms with E-state index in [2.05, 4.69) is 26.1 Å². The number of carbonyl (C=O) groups excluding carboxylic acids is 2. The quantitative estimate of drug-likeness (QED) is 0.423. The monoisotopic (exact) mass is 458 g/mol. The minimum atomic E-state index is -0.568. The van der Waals surface area contributed by atoms with E-state index in [-0.39, 0.29) is 18.4 Å². The summed E-state index contributed by atoms with van der Waals surface area (Å²) in [6.07, 6.45) is 2.41. The first-order chi connectivity index (χ1) is 15.3. The van der Waals surface area contributed by atoms with Crippen LogP contribution in [-0.2, 0) is 16.1 Å². The van der Waals surface area contributed by atoms with Gasteiger partial charge in [-0.25, -0.2) is 0 Å². The Morgan fingerprint density at radius 1 is 1.03 bits per heavy atom. The molecule has 0 spiro atoms. The zero-order valence-electron chi connectivity index (χ0n) is 19.6. The summed E-state index contributed by atoms with van der Waals surface area (Å²) in [4.78, 5) is 27.6. The van der Waals surface area contributed by atoms with Gasteiger partial charge >= 0.3 is 0 Å². The van der Waals surface area contributed by atoms with Gasteiger partial charge in [-0.3, -0.25) is 9.59 Å². The van der Waals surface area contributed by atoms with Gasteiger partial charge in [0.15, 0.2) is 6.61 Å². The van der Waals surface area contributed by atoms with Gasteiger partial charge in [0.1, 0.15) is 11.8 Å². The molecule has 0 radical (unpaired) electrons. The van der Waals surface area contributed by atoms with E-state index in [0.29, 0.717) is 36.2 Å². The zero-order valence-corrected chi connectivity index (χ0v) is 20.3. The number of carbonyl (C=O) groups is 2. The van der Waals surface area contributed by atoms with E-state index in [1.54, 1.807) is 17.0 Å². The van der Waals surface area contributed by atoms with Gasteiger partial charge in [-0.05, 0) is 54.2 Å². The molecule has 1 unspecified atom stereocenters. The van der Waals surface area contributed by atoms with Crippen LogP contribution in [0.1, 0.15) is 64.0 Å². The van der Waals surface area contributed by atoms with Crippen LogP contribution in [0.3, 0.4) is 0 Å². The Labute approximate surface area is 197 Å². The lowest BCUT2D eigenvalue weighted by Crippen LogP contribution is -2.50. The molecule has 6 heteroatoms. The Morgan fingerprint density at radius 2 is 1.69 bits per heavy atom. The first-order valence-electron chi connectivity index (χ1n) is 11.4. The van der Waals surface area contributed by atoms with Gasteiger partial charge in [0.25, 0.3) is 5.91 Å². The molecule has 2 aromatic rings. The van der Waals surface area contributed by atoms with Crippen LogP contribution < -0.4 is 10.1 Å². The Morgan fingerprint density at radius 3 is 2.25 bits per heavy atom. The molecule has 0 aromatic heterocycles. The maximum Gasteiger partial charge on any atom is 0.261 e. The van der Waals surface area contributed by atoms with E-state index in [9.17, 15) is 9.59 Å². The van der Waals surface area contributed by atoms with Crippen molar-refractivity contribution in [2.75, 3.05) is 13.2 Å². The van der Waals surface area contributed by atoms with Crippen LogP contribution in [0.2, 0.25) is 5.02 Å². The van der Waals surface area contributed by atoms with Crippen molar-refractivity contribution in [2.24, 2.45) is 0 Å². The maximum atomic E-state index is 13.2. The van der Waals surface area contributed by atoms with E-state index >= 15 is 0 Å².